The average Bonchev–Trinajstić information content (AvgIpc) is 3.48. The third kappa shape index (κ3) is 4.95. The van der Waals surface area contributed by atoms with Gasteiger partial charge >= 0.3 is 6.03 Å². The number of carbonyl (C=O) groups excluding carboxylic acids is 1. The lowest BCUT2D eigenvalue weighted by atomic mass is 10.1. The lowest BCUT2D eigenvalue weighted by Crippen LogP contribution is -2.51. The molecule has 4 aromatic rings. The number of piperazine rings is 1. The van der Waals surface area contributed by atoms with Crippen LogP contribution < -0.4 is 5.32 Å². The maximum Gasteiger partial charge on any atom is 0.317 e. The molecule has 0 saturated carbocycles. The summed E-state index contributed by atoms with van der Waals surface area (Å²) in [6.07, 6.45) is 1.53. The number of nitrogens with one attached hydrogen (secondary N) is 2. The molecule has 2 aromatic carbocycles. The van der Waals surface area contributed by atoms with Crippen molar-refractivity contribution in [3.63, 3.8) is 0 Å². The van der Waals surface area contributed by atoms with Gasteiger partial charge < -0.3 is 15.2 Å². The number of urea groups is 1. The van der Waals surface area contributed by atoms with Crippen molar-refractivity contribution in [1.82, 2.24) is 25.1 Å². The Morgan fingerprint density at radius 1 is 1.15 bits per heavy atom. The van der Waals surface area contributed by atoms with Crippen LogP contribution in [-0.2, 0) is 13.1 Å². The van der Waals surface area contributed by atoms with Crippen molar-refractivity contribution >= 4 is 44.3 Å². The minimum Gasteiger partial charge on any atom is -0.345 e. The molecule has 0 bridgehead atoms. The Hall–Kier alpha value is -2.75. The predicted molar refractivity (Wildman–Crippen MR) is 133 cm³/mol. The second-order valence-corrected chi connectivity index (χ2v) is 10.1. The third-order valence-corrected chi connectivity index (χ3v) is 7.48. The minimum atomic E-state index is -0.363. The summed E-state index contributed by atoms with van der Waals surface area (Å²) in [6.45, 7) is 3.89. The molecule has 2 amide bonds. The van der Waals surface area contributed by atoms with Crippen LogP contribution in [0.25, 0.3) is 21.5 Å². The molecule has 0 radical (unpaired) electrons. The molecule has 0 aliphatic carbocycles. The van der Waals surface area contributed by atoms with Gasteiger partial charge in [-0.2, -0.15) is 0 Å². The number of aromatic nitrogens is 2. The first-order valence-corrected chi connectivity index (χ1v) is 12.4. The van der Waals surface area contributed by atoms with Crippen molar-refractivity contribution < 1.29 is 9.18 Å². The zero-order valence-electron chi connectivity index (χ0n) is 17.9. The lowest BCUT2D eigenvalue weighted by molar-refractivity contribution is 0.135. The number of imidazole rings is 1. The van der Waals surface area contributed by atoms with Gasteiger partial charge in [0.05, 0.1) is 17.4 Å². The van der Waals surface area contributed by atoms with Crippen LogP contribution in [0.1, 0.15) is 10.4 Å². The fourth-order valence-corrected chi connectivity index (χ4v) is 5.52. The Bertz CT molecular complexity index is 1280. The summed E-state index contributed by atoms with van der Waals surface area (Å²) in [6, 6.07) is 15.6. The molecule has 0 unspecified atom stereocenters. The van der Waals surface area contributed by atoms with E-state index in [0.29, 0.717) is 24.2 Å². The van der Waals surface area contributed by atoms with E-state index in [9.17, 15) is 9.18 Å². The van der Waals surface area contributed by atoms with E-state index in [1.165, 1.54) is 27.7 Å². The second kappa shape index (κ2) is 9.62. The number of thiophene rings is 1. The number of halogens is 2. The van der Waals surface area contributed by atoms with Crippen molar-refractivity contribution in [3.8, 4) is 10.4 Å². The first kappa shape index (κ1) is 22.1. The van der Waals surface area contributed by atoms with Crippen molar-refractivity contribution in [1.29, 1.82) is 0 Å². The quantitative estimate of drug-likeness (QED) is 0.374. The Balaban J connectivity index is 1.13. The summed E-state index contributed by atoms with van der Waals surface area (Å²) in [4.78, 5) is 26.5. The smallest absolute Gasteiger partial charge is 0.317 e. The van der Waals surface area contributed by atoms with Gasteiger partial charge in [0, 0.05) is 59.1 Å². The van der Waals surface area contributed by atoms with Gasteiger partial charge in [0.2, 0.25) is 0 Å². The van der Waals surface area contributed by atoms with Gasteiger partial charge in [0.15, 0.2) is 0 Å². The largest absolute Gasteiger partial charge is 0.345 e. The highest BCUT2D eigenvalue weighted by atomic mass is 79.9. The number of H-pyrrole nitrogens is 1. The van der Waals surface area contributed by atoms with E-state index in [-0.39, 0.29) is 18.4 Å². The lowest BCUT2D eigenvalue weighted by Gasteiger charge is -2.34. The third-order valence-electron chi connectivity index (χ3n) is 5.87. The molecule has 1 fully saturated rings. The minimum absolute atomic E-state index is 0.112. The van der Waals surface area contributed by atoms with E-state index in [1.54, 1.807) is 22.3 Å². The number of nitrogens with zero attached hydrogens (tertiary/aromatic N) is 3. The topological polar surface area (TPSA) is 64.3 Å². The van der Waals surface area contributed by atoms with Gasteiger partial charge in [0.25, 0.3) is 0 Å². The Morgan fingerprint density at radius 2 is 2.00 bits per heavy atom. The molecule has 2 N–H and O–H groups in total. The normalized spacial score (nSPS) is 14.7. The molecule has 9 heteroatoms. The molecular formula is C24H23BrFN5OS. The SMILES string of the molecule is O=C(NCc1c(F)ccc2[nH]cnc12)N1CCN(Cc2ccc(-c3cccc(Br)c3)s2)CC1. The van der Waals surface area contributed by atoms with E-state index < -0.39 is 0 Å². The zero-order valence-corrected chi connectivity index (χ0v) is 20.3. The summed E-state index contributed by atoms with van der Waals surface area (Å²) in [5.74, 6) is -0.363. The number of amides is 2. The van der Waals surface area contributed by atoms with Crippen LogP contribution in [0.4, 0.5) is 9.18 Å². The highest BCUT2D eigenvalue weighted by molar-refractivity contribution is 9.10. The Labute approximate surface area is 203 Å². The van der Waals surface area contributed by atoms with Crippen LogP contribution in [-0.4, -0.2) is 52.0 Å². The highest BCUT2D eigenvalue weighted by Gasteiger charge is 2.22. The first-order valence-electron chi connectivity index (χ1n) is 10.8. The molecular weight excluding hydrogens is 505 g/mol. The van der Waals surface area contributed by atoms with Crippen LogP contribution in [0.2, 0.25) is 0 Å². The summed E-state index contributed by atoms with van der Waals surface area (Å²) in [7, 11) is 0. The van der Waals surface area contributed by atoms with E-state index in [0.717, 1.165) is 29.6 Å². The van der Waals surface area contributed by atoms with E-state index in [1.807, 2.05) is 12.1 Å². The van der Waals surface area contributed by atoms with Crippen LogP contribution in [0, 0.1) is 5.82 Å². The maximum atomic E-state index is 14.3. The summed E-state index contributed by atoms with van der Waals surface area (Å²) >= 11 is 5.34. The van der Waals surface area contributed by atoms with Crippen molar-refractivity contribution in [2.45, 2.75) is 13.1 Å². The van der Waals surface area contributed by atoms with Crippen LogP contribution in [0.3, 0.4) is 0 Å². The monoisotopic (exact) mass is 527 g/mol. The van der Waals surface area contributed by atoms with Gasteiger partial charge in [-0.25, -0.2) is 14.2 Å². The molecule has 6 nitrogen and oxygen atoms in total. The standard InChI is InChI=1S/C24H23BrFN5OS/c25-17-3-1-2-16(12-17)22-7-4-18(33-22)14-30-8-10-31(11-9-30)24(32)27-13-19-20(26)5-6-21-23(19)29-15-28-21/h1-7,12,15H,8-11,13-14H2,(H,27,32)(H,28,29). The first-order chi connectivity index (χ1) is 16.1. The summed E-state index contributed by atoms with van der Waals surface area (Å²) < 4.78 is 15.3. The van der Waals surface area contributed by atoms with Crippen molar-refractivity contribution in [2.75, 3.05) is 26.2 Å². The number of carbonyl (C=O) groups is 1. The Kier molecular flexibility index (Phi) is 6.43. The molecule has 33 heavy (non-hydrogen) atoms. The molecule has 0 spiro atoms. The van der Waals surface area contributed by atoms with E-state index in [2.05, 4.69) is 60.4 Å². The van der Waals surface area contributed by atoms with Gasteiger partial charge in [-0.3, -0.25) is 4.90 Å². The fourth-order valence-electron chi connectivity index (χ4n) is 4.08. The van der Waals surface area contributed by atoms with Crippen LogP contribution in [0.15, 0.2) is 59.3 Å². The Morgan fingerprint density at radius 3 is 2.82 bits per heavy atom. The van der Waals surface area contributed by atoms with Crippen molar-refractivity contribution in [2.24, 2.45) is 0 Å². The predicted octanol–water partition coefficient (Wildman–Crippen LogP) is 5.22. The van der Waals surface area contributed by atoms with Gasteiger partial charge in [-0.1, -0.05) is 28.1 Å². The van der Waals surface area contributed by atoms with Crippen LogP contribution in [0.5, 0.6) is 0 Å². The second-order valence-electron chi connectivity index (χ2n) is 8.02. The molecule has 0 atom stereocenters. The maximum absolute atomic E-state index is 14.3. The fraction of sp³-hybridized carbons (Fsp3) is 0.250. The average molecular weight is 528 g/mol. The van der Waals surface area contributed by atoms with Crippen LogP contribution >= 0.6 is 27.3 Å². The number of hydrogen-bond donors (Lipinski definition) is 2. The molecule has 1 saturated heterocycles. The number of benzene rings is 2. The molecule has 2 aromatic heterocycles. The molecule has 1 aliphatic heterocycles. The van der Waals surface area contributed by atoms with Gasteiger partial charge in [0.1, 0.15) is 5.82 Å². The molecule has 5 rings (SSSR count). The van der Waals surface area contributed by atoms with E-state index >= 15 is 0 Å². The number of aromatic amines is 1. The summed E-state index contributed by atoms with van der Waals surface area (Å²) in [5.41, 5.74) is 2.92. The number of rotatable bonds is 5. The van der Waals surface area contributed by atoms with E-state index in [4.69, 9.17) is 0 Å². The molecule has 3 heterocycles. The number of fused-ring (bicyclic) bond motifs is 1. The molecule has 170 valence electrons. The number of hydrogen-bond acceptors (Lipinski definition) is 4. The van der Waals surface area contributed by atoms with Crippen molar-refractivity contribution in [3.05, 3.63) is 75.6 Å². The molecule has 1 aliphatic rings. The summed E-state index contributed by atoms with van der Waals surface area (Å²) in [5, 5.41) is 2.85. The van der Waals surface area contributed by atoms with Gasteiger partial charge in [-0.15, -0.1) is 11.3 Å². The highest BCUT2D eigenvalue weighted by Crippen LogP contribution is 2.30. The zero-order chi connectivity index (χ0) is 22.8. The van der Waals surface area contributed by atoms with Gasteiger partial charge in [-0.05, 0) is 42.0 Å².